The molecule has 0 aliphatic carbocycles. The SMILES string of the molecule is COCCN(C)CCNCc1cccc(O)c1O. The molecular weight excluding hydrogens is 232 g/mol. The molecule has 5 nitrogen and oxygen atoms in total. The minimum atomic E-state index is -0.0773. The fourth-order valence-electron chi connectivity index (χ4n) is 1.57. The third-order valence-corrected chi connectivity index (χ3v) is 2.76. The third kappa shape index (κ3) is 4.91. The lowest BCUT2D eigenvalue weighted by atomic mass is 10.2. The standard InChI is InChI=1S/C13H22N2O3/c1-15(8-9-18-2)7-6-14-10-11-4-3-5-12(16)13(11)17/h3-5,14,16-17H,6-10H2,1-2H3. The van der Waals surface area contributed by atoms with Gasteiger partial charge in [-0.25, -0.2) is 0 Å². The van der Waals surface area contributed by atoms with Crippen molar-refractivity contribution in [1.82, 2.24) is 10.2 Å². The second kappa shape index (κ2) is 7.92. The number of rotatable bonds is 8. The molecule has 0 aromatic heterocycles. The van der Waals surface area contributed by atoms with Crippen molar-refractivity contribution in [3.63, 3.8) is 0 Å². The average Bonchev–Trinajstić information content (AvgIpc) is 2.37. The maximum absolute atomic E-state index is 9.61. The van der Waals surface area contributed by atoms with Gasteiger partial charge in [-0.15, -0.1) is 0 Å². The Morgan fingerprint density at radius 1 is 1.28 bits per heavy atom. The highest BCUT2D eigenvalue weighted by molar-refractivity contribution is 5.44. The van der Waals surface area contributed by atoms with Crippen LogP contribution >= 0.6 is 0 Å². The molecule has 5 heteroatoms. The molecule has 0 aliphatic heterocycles. The van der Waals surface area contributed by atoms with Gasteiger partial charge in [-0.3, -0.25) is 0 Å². The number of ether oxygens (including phenoxy) is 1. The molecule has 0 saturated carbocycles. The van der Waals surface area contributed by atoms with Crippen LogP contribution in [-0.2, 0) is 11.3 Å². The Kier molecular flexibility index (Phi) is 6.49. The summed E-state index contributed by atoms with van der Waals surface area (Å²) in [6.07, 6.45) is 0. The predicted octanol–water partition coefficient (Wildman–Crippen LogP) is 0.766. The zero-order chi connectivity index (χ0) is 13.4. The molecule has 0 radical (unpaired) electrons. The first kappa shape index (κ1) is 14.8. The summed E-state index contributed by atoms with van der Waals surface area (Å²) >= 11 is 0. The Labute approximate surface area is 108 Å². The Morgan fingerprint density at radius 3 is 2.78 bits per heavy atom. The summed E-state index contributed by atoms with van der Waals surface area (Å²) in [5.41, 5.74) is 0.703. The second-order valence-corrected chi connectivity index (χ2v) is 4.26. The summed E-state index contributed by atoms with van der Waals surface area (Å²) in [6.45, 7) is 3.88. The Hall–Kier alpha value is -1.30. The summed E-state index contributed by atoms with van der Waals surface area (Å²) in [6, 6.07) is 4.98. The Morgan fingerprint density at radius 2 is 2.06 bits per heavy atom. The first-order valence-corrected chi connectivity index (χ1v) is 6.03. The molecule has 0 atom stereocenters. The van der Waals surface area contributed by atoms with Gasteiger partial charge in [0, 0.05) is 38.9 Å². The van der Waals surface area contributed by atoms with Crippen molar-refractivity contribution in [3.8, 4) is 11.5 Å². The Bertz CT molecular complexity index is 358. The van der Waals surface area contributed by atoms with Crippen LogP contribution in [0.2, 0.25) is 0 Å². The molecule has 18 heavy (non-hydrogen) atoms. The largest absolute Gasteiger partial charge is 0.504 e. The minimum absolute atomic E-state index is 0.0438. The van der Waals surface area contributed by atoms with E-state index in [2.05, 4.69) is 10.2 Å². The monoisotopic (exact) mass is 254 g/mol. The van der Waals surface area contributed by atoms with E-state index < -0.39 is 0 Å². The molecule has 0 fully saturated rings. The molecule has 0 unspecified atom stereocenters. The molecule has 3 N–H and O–H groups in total. The van der Waals surface area contributed by atoms with Gasteiger partial charge in [-0.2, -0.15) is 0 Å². The fourth-order valence-corrected chi connectivity index (χ4v) is 1.57. The lowest BCUT2D eigenvalue weighted by Gasteiger charge is -2.16. The Balaban J connectivity index is 2.23. The van der Waals surface area contributed by atoms with Crippen LogP contribution in [0.3, 0.4) is 0 Å². The number of nitrogens with one attached hydrogen (secondary N) is 1. The van der Waals surface area contributed by atoms with Crippen LogP contribution in [0.1, 0.15) is 5.56 Å². The lowest BCUT2D eigenvalue weighted by molar-refractivity contribution is 0.161. The molecule has 0 saturated heterocycles. The van der Waals surface area contributed by atoms with Gasteiger partial charge in [0.25, 0.3) is 0 Å². The number of phenols is 2. The number of hydrogen-bond donors (Lipinski definition) is 3. The average molecular weight is 254 g/mol. The van der Waals surface area contributed by atoms with Crippen LogP contribution in [0.15, 0.2) is 18.2 Å². The van der Waals surface area contributed by atoms with E-state index in [1.807, 2.05) is 7.05 Å². The third-order valence-electron chi connectivity index (χ3n) is 2.76. The van der Waals surface area contributed by atoms with Gasteiger partial charge >= 0.3 is 0 Å². The van der Waals surface area contributed by atoms with Crippen LogP contribution < -0.4 is 5.32 Å². The fraction of sp³-hybridized carbons (Fsp3) is 0.538. The molecule has 0 heterocycles. The number of methoxy groups -OCH3 is 1. The molecule has 0 spiro atoms. The van der Waals surface area contributed by atoms with Gasteiger partial charge in [-0.1, -0.05) is 12.1 Å². The maximum Gasteiger partial charge on any atom is 0.161 e. The van der Waals surface area contributed by atoms with Crippen molar-refractivity contribution in [3.05, 3.63) is 23.8 Å². The normalized spacial score (nSPS) is 11.1. The minimum Gasteiger partial charge on any atom is -0.504 e. The van der Waals surface area contributed by atoms with Crippen molar-refractivity contribution in [2.24, 2.45) is 0 Å². The van der Waals surface area contributed by atoms with E-state index in [1.165, 1.54) is 6.07 Å². The first-order valence-electron chi connectivity index (χ1n) is 6.03. The van der Waals surface area contributed by atoms with Gasteiger partial charge in [0.2, 0.25) is 0 Å². The van der Waals surface area contributed by atoms with E-state index in [0.29, 0.717) is 12.1 Å². The number of benzene rings is 1. The molecule has 1 aromatic carbocycles. The topological polar surface area (TPSA) is 65.0 Å². The molecule has 0 aliphatic rings. The van der Waals surface area contributed by atoms with E-state index in [4.69, 9.17) is 4.74 Å². The van der Waals surface area contributed by atoms with Crippen molar-refractivity contribution in [1.29, 1.82) is 0 Å². The summed E-state index contributed by atoms with van der Waals surface area (Å²) in [5, 5.41) is 22.2. The zero-order valence-corrected chi connectivity index (χ0v) is 11.0. The maximum atomic E-state index is 9.61. The molecule has 1 aromatic rings. The number of phenolic OH excluding ortho intramolecular Hbond substituents is 2. The van der Waals surface area contributed by atoms with Crippen LogP contribution in [0.25, 0.3) is 0 Å². The van der Waals surface area contributed by atoms with E-state index in [0.717, 1.165) is 26.2 Å². The molecule has 1 rings (SSSR count). The smallest absolute Gasteiger partial charge is 0.161 e. The van der Waals surface area contributed by atoms with E-state index in [9.17, 15) is 10.2 Å². The highest BCUT2D eigenvalue weighted by atomic mass is 16.5. The van der Waals surface area contributed by atoms with E-state index >= 15 is 0 Å². The second-order valence-electron chi connectivity index (χ2n) is 4.26. The van der Waals surface area contributed by atoms with Crippen molar-refractivity contribution < 1.29 is 14.9 Å². The van der Waals surface area contributed by atoms with Crippen molar-refractivity contribution in [2.75, 3.05) is 40.4 Å². The lowest BCUT2D eigenvalue weighted by Crippen LogP contribution is -2.31. The number of para-hydroxylation sites is 1. The van der Waals surface area contributed by atoms with Gasteiger partial charge in [0.15, 0.2) is 11.5 Å². The first-order chi connectivity index (χ1) is 8.65. The predicted molar refractivity (Wildman–Crippen MR) is 70.9 cm³/mol. The number of hydrogen-bond acceptors (Lipinski definition) is 5. The highest BCUT2D eigenvalue weighted by Crippen LogP contribution is 2.27. The van der Waals surface area contributed by atoms with Gasteiger partial charge in [0.1, 0.15) is 0 Å². The molecular formula is C13H22N2O3. The van der Waals surface area contributed by atoms with Gasteiger partial charge < -0.3 is 25.2 Å². The van der Waals surface area contributed by atoms with Crippen LogP contribution in [0.4, 0.5) is 0 Å². The summed E-state index contributed by atoms with van der Waals surface area (Å²) in [5.74, 6) is -0.121. The quantitative estimate of drug-likeness (QED) is 0.472. The van der Waals surface area contributed by atoms with Crippen molar-refractivity contribution in [2.45, 2.75) is 6.54 Å². The number of likely N-dealkylation sites (N-methyl/N-ethyl adjacent to an activating group) is 1. The van der Waals surface area contributed by atoms with Gasteiger partial charge in [0.05, 0.1) is 6.61 Å². The molecule has 0 amide bonds. The van der Waals surface area contributed by atoms with Crippen LogP contribution in [0.5, 0.6) is 11.5 Å². The van der Waals surface area contributed by atoms with Crippen LogP contribution in [-0.4, -0.2) is 55.5 Å². The summed E-state index contributed by atoms with van der Waals surface area (Å²) in [4.78, 5) is 2.17. The molecule has 102 valence electrons. The zero-order valence-electron chi connectivity index (χ0n) is 11.0. The summed E-state index contributed by atoms with van der Waals surface area (Å²) < 4.78 is 4.99. The summed E-state index contributed by atoms with van der Waals surface area (Å²) in [7, 11) is 3.73. The number of nitrogens with zero attached hydrogens (tertiary/aromatic N) is 1. The van der Waals surface area contributed by atoms with E-state index in [1.54, 1.807) is 19.2 Å². The van der Waals surface area contributed by atoms with E-state index in [-0.39, 0.29) is 11.5 Å². The molecule has 0 bridgehead atoms. The van der Waals surface area contributed by atoms with Gasteiger partial charge in [-0.05, 0) is 13.1 Å². The highest BCUT2D eigenvalue weighted by Gasteiger charge is 2.05. The number of aromatic hydroxyl groups is 2. The van der Waals surface area contributed by atoms with Crippen molar-refractivity contribution >= 4 is 0 Å². The van der Waals surface area contributed by atoms with Crippen LogP contribution in [0, 0.1) is 0 Å².